The molecule has 5 nitrogen and oxygen atoms in total. The summed E-state index contributed by atoms with van der Waals surface area (Å²) in [6, 6.07) is 23.0. The number of halogens is 2. The summed E-state index contributed by atoms with van der Waals surface area (Å²) in [6.45, 7) is 3.94. The molecule has 5 rings (SSSR count). The average molecular weight is 491 g/mol. The fourth-order valence-electron chi connectivity index (χ4n) is 5.55. The molecule has 1 amide bonds. The van der Waals surface area contributed by atoms with E-state index in [2.05, 4.69) is 26.8 Å². The Labute approximate surface area is 211 Å². The predicted molar refractivity (Wildman–Crippen MR) is 139 cm³/mol. The van der Waals surface area contributed by atoms with Crippen molar-refractivity contribution in [2.24, 2.45) is 0 Å². The molecule has 0 radical (unpaired) electrons. The first-order chi connectivity index (χ1) is 17.5. The van der Waals surface area contributed by atoms with E-state index in [0.717, 1.165) is 62.5 Å². The lowest BCUT2D eigenvalue weighted by Crippen LogP contribution is -2.56. The highest BCUT2D eigenvalue weighted by Gasteiger charge is 2.52. The maximum Gasteiger partial charge on any atom is 0.249 e. The highest BCUT2D eigenvalue weighted by Crippen LogP contribution is 2.39. The molecule has 2 saturated heterocycles. The lowest BCUT2D eigenvalue weighted by atomic mass is 9.85. The van der Waals surface area contributed by atoms with Crippen molar-refractivity contribution < 1.29 is 13.6 Å². The van der Waals surface area contributed by atoms with Gasteiger partial charge in [-0.3, -0.25) is 4.79 Å². The Balaban J connectivity index is 1.23. The molecule has 0 N–H and O–H groups in total. The molecule has 2 heterocycles. The smallest absolute Gasteiger partial charge is 0.249 e. The standard InChI is InChI=1S/C29H32F2N4O/c1-32-22-35(27-6-3-2-4-7-27)29(28(32)36)16-20-33(21-17-29)18-5-19-34(25-12-8-23(30)9-13-25)26-14-10-24(31)11-15-26/h2-4,6-15H,5,16-22H2,1H3. The maximum atomic E-state index is 13.5. The van der Waals surface area contributed by atoms with Crippen LogP contribution in [0.15, 0.2) is 78.9 Å². The molecule has 0 unspecified atom stereocenters. The molecule has 2 aliphatic heterocycles. The third kappa shape index (κ3) is 4.80. The number of likely N-dealkylation sites (tertiary alicyclic amines) is 1. The Kier molecular flexibility index (Phi) is 6.92. The van der Waals surface area contributed by atoms with Crippen LogP contribution >= 0.6 is 0 Å². The number of hydrogen-bond acceptors (Lipinski definition) is 4. The monoisotopic (exact) mass is 490 g/mol. The molecule has 2 fully saturated rings. The fraction of sp³-hybridized carbons (Fsp3) is 0.345. The SMILES string of the molecule is CN1CN(c2ccccc2)C2(CCN(CCCN(c3ccc(F)cc3)c3ccc(F)cc3)CC2)C1=O. The molecule has 7 heteroatoms. The molecule has 0 aliphatic carbocycles. The fourth-order valence-corrected chi connectivity index (χ4v) is 5.55. The van der Waals surface area contributed by atoms with Gasteiger partial charge >= 0.3 is 0 Å². The van der Waals surface area contributed by atoms with Crippen LogP contribution < -0.4 is 9.80 Å². The van der Waals surface area contributed by atoms with E-state index in [1.54, 1.807) is 24.3 Å². The minimum atomic E-state index is -0.471. The summed E-state index contributed by atoms with van der Waals surface area (Å²) in [5.74, 6) is -0.349. The first-order valence-electron chi connectivity index (χ1n) is 12.6. The van der Waals surface area contributed by atoms with E-state index in [4.69, 9.17) is 0 Å². The molecule has 0 saturated carbocycles. The van der Waals surface area contributed by atoms with Gasteiger partial charge in [0.05, 0.1) is 6.67 Å². The summed E-state index contributed by atoms with van der Waals surface area (Å²) < 4.78 is 27.0. The zero-order valence-electron chi connectivity index (χ0n) is 20.6. The van der Waals surface area contributed by atoms with Gasteiger partial charge in [0.25, 0.3) is 0 Å². The summed E-state index contributed by atoms with van der Waals surface area (Å²) in [5.41, 5.74) is 2.37. The van der Waals surface area contributed by atoms with Gasteiger partial charge in [0, 0.05) is 43.7 Å². The van der Waals surface area contributed by atoms with E-state index in [-0.39, 0.29) is 17.5 Å². The summed E-state index contributed by atoms with van der Waals surface area (Å²) >= 11 is 0. The van der Waals surface area contributed by atoms with Crippen molar-refractivity contribution in [1.29, 1.82) is 0 Å². The second-order valence-electron chi connectivity index (χ2n) is 9.74. The Bertz CT molecular complexity index is 1120. The number of nitrogens with zero attached hydrogens (tertiary/aromatic N) is 4. The molecular weight excluding hydrogens is 458 g/mol. The number of rotatable bonds is 7. The van der Waals surface area contributed by atoms with Crippen molar-refractivity contribution in [2.75, 3.05) is 49.7 Å². The Morgan fingerprint density at radius 1 is 0.833 bits per heavy atom. The highest BCUT2D eigenvalue weighted by molar-refractivity contribution is 5.93. The van der Waals surface area contributed by atoms with Crippen molar-refractivity contribution >= 4 is 23.0 Å². The summed E-state index contributed by atoms with van der Waals surface area (Å²) in [6.07, 6.45) is 2.48. The highest BCUT2D eigenvalue weighted by atomic mass is 19.1. The molecule has 0 aromatic heterocycles. The van der Waals surface area contributed by atoms with Gasteiger partial charge in [0.2, 0.25) is 5.91 Å². The summed E-state index contributed by atoms with van der Waals surface area (Å²) in [5, 5.41) is 0. The van der Waals surface area contributed by atoms with E-state index in [9.17, 15) is 13.6 Å². The van der Waals surface area contributed by atoms with Gasteiger partial charge in [-0.1, -0.05) is 18.2 Å². The zero-order valence-corrected chi connectivity index (χ0v) is 20.6. The van der Waals surface area contributed by atoms with E-state index >= 15 is 0 Å². The molecule has 0 bridgehead atoms. The normalized spacial score (nSPS) is 17.7. The molecule has 3 aromatic carbocycles. The van der Waals surface area contributed by atoms with Gasteiger partial charge < -0.3 is 19.6 Å². The molecule has 2 aliphatic rings. The van der Waals surface area contributed by atoms with Gasteiger partial charge in [-0.15, -0.1) is 0 Å². The van der Waals surface area contributed by atoms with Crippen LogP contribution in [0.4, 0.5) is 25.8 Å². The van der Waals surface area contributed by atoms with Crippen LogP contribution in [-0.4, -0.2) is 61.1 Å². The third-order valence-electron chi connectivity index (χ3n) is 7.50. The third-order valence-corrected chi connectivity index (χ3v) is 7.50. The Hall–Kier alpha value is -3.45. The number of likely N-dealkylation sites (N-methyl/N-ethyl adjacent to an activating group) is 1. The van der Waals surface area contributed by atoms with E-state index < -0.39 is 5.54 Å². The summed E-state index contributed by atoms with van der Waals surface area (Å²) in [4.78, 5) is 21.9. The van der Waals surface area contributed by atoms with Crippen molar-refractivity contribution in [3.8, 4) is 0 Å². The largest absolute Gasteiger partial charge is 0.341 e. The quantitative estimate of drug-likeness (QED) is 0.452. The number of hydrogen-bond donors (Lipinski definition) is 0. The molecule has 36 heavy (non-hydrogen) atoms. The minimum Gasteiger partial charge on any atom is -0.341 e. The molecular formula is C29H32F2N4O. The predicted octanol–water partition coefficient (Wildman–Crippen LogP) is 5.26. The zero-order chi connectivity index (χ0) is 25.1. The first kappa shape index (κ1) is 24.3. The van der Waals surface area contributed by atoms with Crippen molar-refractivity contribution in [3.05, 3.63) is 90.5 Å². The van der Waals surface area contributed by atoms with Crippen LogP contribution in [0.5, 0.6) is 0 Å². The Morgan fingerprint density at radius 3 is 1.94 bits per heavy atom. The first-order valence-corrected chi connectivity index (χ1v) is 12.6. The average Bonchev–Trinajstić information content (AvgIpc) is 3.14. The van der Waals surface area contributed by atoms with E-state index in [1.165, 1.54) is 24.3 Å². The van der Waals surface area contributed by atoms with Crippen molar-refractivity contribution in [1.82, 2.24) is 9.80 Å². The van der Waals surface area contributed by atoms with Crippen LogP contribution in [0, 0.1) is 11.6 Å². The lowest BCUT2D eigenvalue weighted by Gasteiger charge is -2.43. The van der Waals surface area contributed by atoms with E-state index in [0.29, 0.717) is 6.67 Å². The van der Waals surface area contributed by atoms with Crippen LogP contribution in [0.25, 0.3) is 0 Å². The molecule has 3 aromatic rings. The number of carbonyl (C=O) groups is 1. The summed E-state index contributed by atoms with van der Waals surface area (Å²) in [7, 11) is 1.89. The molecule has 0 atom stereocenters. The second kappa shape index (κ2) is 10.3. The molecule has 188 valence electrons. The van der Waals surface area contributed by atoms with Crippen molar-refractivity contribution in [2.45, 2.75) is 24.8 Å². The van der Waals surface area contributed by atoms with Crippen molar-refractivity contribution in [3.63, 3.8) is 0 Å². The van der Waals surface area contributed by atoms with Crippen LogP contribution in [0.3, 0.4) is 0 Å². The number of carbonyl (C=O) groups excluding carboxylic acids is 1. The number of anilines is 3. The Morgan fingerprint density at radius 2 is 1.39 bits per heavy atom. The van der Waals surface area contributed by atoms with Gasteiger partial charge in [-0.2, -0.15) is 0 Å². The lowest BCUT2D eigenvalue weighted by molar-refractivity contribution is -0.132. The topological polar surface area (TPSA) is 30.0 Å². The van der Waals surface area contributed by atoms with Gasteiger partial charge in [0.15, 0.2) is 0 Å². The van der Waals surface area contributed by atoms with Crippen LogP contribution in [0.2, 0.25) is 0 Å². The maximum absolute atomic E-state index is 13.5. The number of benzene rings is 3. The van der Waals surface area contributed by atoms with Gasteiger partial charge in [-0.05, 0) is 86.5 Å². The van der Waals surface area contributed by atoms with Crippen LogP contribution in [0.1, 0.15) is 19.3 Å². The number of para-hydroxylation sites is 1. The van der Waals surface area contributed by atoms with E-state index in [1.807, 2.05) is 30.1 Å². The second-order valence-corrected chi connectivity index (χ2v) is 9.74. The van der Waals surface area contributed by atoms with Crippen LogP contribution in [-0.2, 0) is 4.79 Å². The minimum absolute atomic E-state index is 0.213. The number of piperidine rings is 1. The number of amides is 1. The van der Waals surface area contributed by atoms with Gasteiger partial charge in [0.1, 0.15) is 17.2 Å². The molecule has 1 spiro atoms. The van der Waals surface area contributed by atoms with Gasteiger partial charge in [-0.25, -0.2) is 8.78 Å².